The molecule has 0 unspecified atom stereocenters. The first-order valence-electron chi connectivity index (χ1n) is 10.6. The second-order valence-electron chi connectivity index (χ2n) is 8.36. The van der Waals surface area contributed by atoms with E-state index in [0.717, 1.165) is 28.2 Å². The summed E-state index contributed by atoms with van der Waals surface area (Å²) in [4.78, 5) is 36.1. The summed E-state index contributed by atoms with van der Waals surface area (Å²) in [5.41, 5.74) is 3.00. The predicted octanol–water partition coefficient (Wildman–Crippen LogP) is 7.76. The van der Waals surface area contributed by atoms with Crippen LogP contribution in [0.3, 0.4) is 0 Å². The van der Waals surface area contributed by atoms with Crippen molar-refractivity contribution >= 4 is 73.7 Å². The van der Waals surface area contributed by atoms with Gasteiger partial charge in [0, 0.05) is 28.0 Å². The number of carbonyl (C=O) groups excluding carboxylic acids is 2. The summed E-state index contributed by atoms with van der Waals surface area (Å²) in [7, 11) is 0. The van der Waals surface area contributed by atoms with Crippen molar-refractivity contribution in [3.63, 3.8) is 0 Å². The third-order valence-corrected chi connectivity index (χ3v) is 11.8. The van der Waals surface area contributed by atoms with Crippen molar-refractivity contribution in [2.24, 2.45) is 0 Å². The molecular weight excluding hydrogens is 654 g/mol. The number of hydrogen-bond donors (Lipinski definition) is 0. The van der Waals surface area contributed by atoms with Crippen LogP contribution in [0.25, 0.3) is 11.1 Å². The zero-order valence-electron chi connectivity index (χ0n) is 19.6. The molecule has 0 aliphatic heterocycles. The fourth-order valence-electron chi connectivity index (χ4n) is 2.81. The molecule has 0 amide bonds. The molecule has 0 saturated carbocycles. The van der Waals surface area contributed by atoms with Crippen molar-refractivity contribution in [3.8, 4) is 11.1 Å². The first-order chi connectivity index (χ1) is 16.7. The third-order valence-electron chi connectivity index (χ3n) is 4.77. The second-order valence-corrected chi connectivity index (χ2v) is 24.6. The summed E-state index contributed by atoms with van der Waals surface area (Å²) >= 11 is 13.0. The van der Waals surface area contributed by atoms with Crippen LogP contribution in [0.2, 0.25) is 24.9 Å². The van der Waals surface area contributed by atoms with E-state index in [-0.39, 0.29) is 0 Å². The quantitative estimate of drug-likeness (QED) is 0.164. The molecule has 0 bridgehead atoms. The van der Waals surface area contributed by atoms with Gasteiger partial charge in [-0.1, -0.05) is 45.2 Å². The molecule has 4 rings (SSSR count). The molecule has 0 aliphatic rings. The molecule has 8 heteroatoms. The molecule has 4 aromatic rings. The minimum absolute atomic E-state index is 0.475. The molecule has 0 fully saturated rings. The van der Waals surface area contributed by atoms with Gasteiger partial charge in [0.15, 0.2) is 12.6 Å². The molecule has 0 aliphatic carbocycles. The zero-order valence-corrected chi connectivity index (χ0v) is 25.5. The Morgan fingerprint density at radius 3 is 1.63 bits per heavy atom. The topological polar surface area (TPSA) is 59.9 Å². The third kappa shape index (κ3) is 9.84. The van der Waals surface area contributed by atoms with Crippen LogP contribution in [0.5, 0.6) is 0 Å². The van der Waals surface area contributed by atoms with Gasteiger partial charge >= 0.3 is 66.3 Å². The van der Waals surface area contributed by atoms with Gasteiger partial charge in [0.1, 0.15) is 0 Å². The maximum absolute atomic E-state index is 10.7. The summed E-state index contributed by atoms with van der Waals surface area (Å²) in [6.45, 7) is 0. The van der Waals surface area contributed by atoms with Crippen LogP contribution in [0.15, 0.2) is 89.9 Å². The Morgan fingerprint density at radius 2 is 1.17 bits per heavy atom. The van der Waals surface area contributed by atoms with Gasteiger partial charge < -0.3 is 0 Å². The van der Waals surface area contributed by atoms with Gasteiger partial charge in [-0.2, -0.15) is 0 Å². The van der Waals surface area contributed by atoms with Gasteiger partial charge in [0.05, 0.1) is 10.0 Å². The monoisotopic (exact) mass is 678 g/mol. The summed E-state index contributed by atoms with van der Waals surface area (Å²) in [6, 6.07) is 18.6. The summed E-state index contributed by atoms with van der Waals surface area (Å²) in [6.07, 6.45) is 8.68. The Labute approximate surface area is 228 Å². The van der Waals surface area contributed by atoms with Crippen LogP contribution >= 0.6 is 39.1 Å². The van der Waals surface area contributed by atoms with E-state index in [1.54, 1.807) is 46.3 Å². The molecule has 0 atom stereocenters. The molecule has 35 heavy (non-hydrogen) atoms. The van der Waals surface area contributed by atoms with Gasteiger partial charge in [0.2, 0.25) is 0 Å². The Hall–Kier alpha value is -2.06. The zero-order chi connectivity index (χ0) is 25.8. The Morgan fingerprint density at radius 1 is 0.686 bits per heavy atom. The number of rotatable bonds is 4. The molecule has 0 N–H and O–H groups in total. The summed E-state index contributed by atoms with van der Waals surface area (Å²) in [5, 5.41) is 0.959. The first-order valence-corrected chi connectivity index (χ1v) is 22.2. The average molecular weight is 679 g/mol. The molecule has 0 radical (unpaired) electrons. The van der Waals surface area contributed by atoms with Crippen molar-refractivity contribution in [2.45, 2.75) is 14.8 Å². The van der Waals surface area contributed by atoms with Crippen LogP contribution in [0, 0.1) is 0 Å². The number of nitrogens with zero attached hydrogens (tertiary/aromatic N) is 2. The van der Waals surface area contributed by atoms with Crippen LogP contribution in [-0.2, 0) is 0 Å². The number of aromatic nitrogens is 2. The van der Waals surface area contributed by atoms with E-state index >= 15 is 0 Å². The van der Waals surface area contributed by atoms with Gasteiger partial charge in [-0.25, -0.2) is 0 Å². The fourth-order valence-corrected chi connectivity index (χ4v) is 6.80. The molecule has 2 heterocycles. The molecule has 2 aromatic heterocycles. The van der Waals surface area contributed by atoms with Crippen molar-refractivity contribution < 1.29 is 9.59 Å². The van der Waals surface area contributed by atoms with E-state index in [1.165, 1.54) is 0 Å². The molecule has 4 nitrogen and oxygen atoms in total. The SMILES string of the molecule is O=Cc1cc(-c2ccncc2)ccc1Cl.O=Cc1cc(Br)ccc1Cl.[CH3][Sn]([CH3])([CH3])[c]1ccncc1. The van der Waals surface area contributed by atoms with Crippen molar-refractivity contribution in [1.29, 1.82) is 0 Å². The maximum atomic E-state index is 10.7. The minimum atomic E-state index is -1.75. The van der Waals surface area contributed by atoms with Gasteiger partial charge in [0.25, 0.3) is 0 Å². The van der Waals surface area contributed by atoms with E-state index in [0.29, 0.717) is 21.2 Å². The molecule has 0 spiro atoms. The van der Waals surface area contributed by atoms with Crippen LogP contribution in [0.1, 0.15) is 20.7 Å². The molecule has 180 valence electrons. The average Bonchev–Trinajstić information content (AvgIpc) is 2.87. The van der Waals surface area contributed by atoms with Gasteiger partial charge in [-0.15, -0.1) is 0 Å². The van der Waals surface area contributed by atoms with E-state index in [2.05, 4.69) is 52.8 Å². The molecule has 0 saturated heterocycles. The van der Waals surface area contributed by atoms with Gasteiger partial charge in [-0.3, -0.25) is 14.6 Å². The normalized spacial score (nSPS) is 10.2. The van der Waals surface area contributed by atoms with E-state index in [1.807, 2.05) is 30.6 Å². The molecule has 2 aromatic carbocycles. The number of halogens is 3. The Balaban J connectivity index is 0.000000192. The number of aldehydes is 2. The second kappa shape index (κ2) is 14.5. The van der Waals surface area contributed by atoms with Crippen LogP contribution in [-0.4, -0.2) is 40.9 Å². The van der Waals surface area contributed by atoms with E-state index in [9.17, 15) is 9.59 Å². The van der Waals surface area contributed by atoms with Gasteiger partial charge in [-0.05, 0) is 53.6 Å². The van der Waals surface area contributed by atoms with Crippen LogP contribution < -0.4 is 3.58 Å². The number of carbonyl (C=O) groups is 2. The number of benzene rings is 2. The van der Waals surface area contributed by atoms with Crippen LogP contribution in [0.4, 0.5) is 0 Å². The fraction of sp³-hybridized carbons (Fsp3) is 0.111. The van der Waals surface area contributed by atoms with E-state index in [4.69, 9.17) is 23.2 Å². The Bertz CT molecular complexity index is 1250. The summed E-state index contributed by atoms with van der Waals surface area (Å²) < 4.78 is 2.41. The number of hydrogen-bond acceptors (Lipinski definition) is 4. The predicted molar refractivity (Wildman–Crippen MR) is 152 cm³/mol. The standard InChI is InChI=1S/C12H8ClNO.C7H4BrClO.C5H4N.3CH3.Sn/c13-12-2-1-10(7-11(12)8-15)9-3-5-14-6-4-9;8-6-1-2-7(9)5(3-6)4-10;1-2-4-6-5-3-1;;;;/h1-8H;1-4H;2-5H;3*1H3;. The van der Waals surface area contributed by atoms with Crippen molar-refractivity contribution in [1.82, 2.24) is 9.97 Å². The first kappa shape index (κ1) is 29.2. The van der Waals surface area contributed by atoms with Crippen molar-refractivity contribution in [2.75, 3.05) is 0 Å². The van der Waals surface area contributed by atoms with Crippen molar-refractivity contribution in [3.05, 3.63) is 111 Å². The number of pyridine rings is 2. The summed E-state index contributed by atoms with van der Waals surface area (Å²) in [5.74, 6) is 0. The Kier molecular flexibility index (Phi) is 12.1. The molecular formula is C27H25BrCl2N2O2Sn. The van der Waals surface area contributed by atoms with E-state index < -0.39 is 18.4 Å².